The van der Waals surface area contributed by atoms with Crippen molar-refractivity contribution in [3.63, 3.8) is 0 Å². The molecule has 4 aromatic rings. The van der Waals surface area contributed by atoms with E-state index < -0.39 is 10.0 Å². The van der Waals surface area contributed by atoms with Gasteiger partial charge in [0.25, 0.3) is 0 Å². The number of unbranched alkanes of at least 4 members (excludes halogenated alkanes) is 1. The SMILES string of the molecule is O=S(=O)(NCCCC[NH+]1CCC(c2noc3cc(F)ccc23)CC1)c1cc2ccc(Cl)cc2s1.[Cl-]. The van der Waals surface area contributed by atoms with Crippen LogP contribution in [-0.4, -0.2) is 39.8 Å². The lowest BCUT2D eigenvalue weighted by molar-refractivity contribution is -0.905. The highest BCUT2D eigenvalue weighted by molar-refractivity contribution is 7.91. The van der Waals surface area contributed by atoms with Gasteiger partial charge in [-0.05, 0) is 48.6 Å². The normalized spacial score (nSPS) is 18.7. The van der Waals surface area contributed by atoms with Crippen molar-refractivity contribution in [1.29, 1.82) is 0 Å². The summed E-state index contributed by atoms with van der Waals surface area (Å²) in [6, 6.07) is 11.7. The molecule has 0 radical (unpaired) electrons. The van der Waals surface area contributed by atoms with Crippen LogP contribution in [0.1, 0.15) is 37.3 Å². The lowest BCUT2D eigenvalue weighted by Crippen LogP contribution is -3.13. The van der Waals surface area contributed by atoms with Gasteiger partial charge in [-0.2, -0.15) is 0 Å². The highest BCUT2D eigenvalue weighted by atomic mass is 35.5. The van der Waals surface area contributed by atoms with E-state index in [9.17, 15) is 12.8 Å². The smallest absolute Gasteiger partial charge is 0.250 e. The maximum absolute atomic E-state index is 13.4. The molecular formula is C24H26Cl2FN3O3S2. The first-order valence-corrected chi connectivity index (χ1v) is 14.1. The van der Waals surface area contributed by atoms with Crippen LogP contribution in [-0.2, 0) is 10.0 Å². The Bertz CT molecular complexity index is 1420. The molecule has 0 atom stereocenters. The first-order valence-electron chi connectivity index (χ1n) is 11.5. The molecular weight excluding hydrogens is 532 g/mol. The third kappa shape index (κ3) is 5.98. The van der Waals surface area contributed by atoms with Gasteiger partial charge < -0.3 is 21.8 Å². The molecule has 0 unspecified atom stereocenters. The lowest BCUT2D eigenvalue weighted by atomic mass is 9.91. The highest BCUT2D eigenvalue weighted by Crippen LogP contribution is 2.31. The number of halogens is 3. The Morgan fingerprint density at radius 1 is 1.14 bits per heavy atom. The molecule has 0 aliphatic carbocycles. The zero-order valence-electron chi connectivity index (χ0n) is 18.9. The number of sulfonamides is 1. The standard InChI is InChI=1S/C24H25ClFN3O3S2.ClH/c25-18-4-3-17-13-23(33-22(17)14-18)34(30,31)27-9-1-2-10-29-11-7-16(8-12-29)24-20-6-5-19(26)15-21(20)32-28-24;/h3-6,13-16,27H,1-2,7-12H2;1H. The van der Waals surface area contributed by atoms with E-state index in [0.29, 0.717) is 27.3 Å². The third-order valence-electron chi connectivity index (χ3n) is 6.51. The predicted molar refractivity (Wildman–Crippen MR) is 133 cm³/mol. The van der Waals surface area contributed by atoms with E-state index in [4.69, 9.17) is 16.1 Å². The van der Waals surface area contributed by atoms with Gasteiger partial charge in [0, 0.05) is 46.5 Å². The minimum atomic E-state index is -3.51. The molecule has 2 aromatic carbocycles. The highest BCUT2D eigenvalue weighted by Gasteiger charge is 2.27. The molecule has 188 valence electrons. The quantitative estimate of drug-likeness (QED) is 0.321. The fraction of sp³-hybridized carbons (Fsp3) is 0.375. The van der Waals surface area contributed by atoms with Crippen LogP contribution in [0.15, 0.2) is 51.2 Å². The molecule has 0 saturated carbocycles. The Labute approximate surface area is 218 Å². The summed E-state index contributed by atoms with van der Waals surface area (Å²) in [6.07, 6.45) is 3.77. The summed E-state index contributed by atoms with van der Waals surface area (Å²) < 4.78 is 47.9. The van der Waals surface area contributed by atoms with Gasteiger partial charge in [-0.3, -0.25) is 0 Å². The topological polar surface area (TPSA) is 76.6 Å². The van der Waals surface area contributed by atoms with Gasteiger partial charge in [0.2, 0.25) is 10.0 Å². The summed E-state index contributed by atoms with van der Waals surface area (Å²) in [5, 5.41) is 6.60. The first kappa shape index (κ1) is 26.3. The molecule has 1 aliphatic heterocycles. The van der Waals surface area contributed by atoms with E-state index >= 15 is 0 Å². The van der Waals surface area contributed by atoms with Crippen LogP contribution in [0.3, 0.4) is 0 Å². The van der Waals surface area contributed by atoms with Gasteiger partial charge >= 0.3 is 0 Å². The summed E-state index contributed by atoms with van der Waals surface area (Å²) in [7, 11) is -3.51. The van der Waals surface area contributed by atoms with Gasteiger partial charge in [0.1, 0.15) is 10.0 Å². The van der Waals surface area contributed by atoms with E-state index in [1.54, 1.807) is 24.3 Å². The predicted octanol–water partition coefficient (Wildman–Crippen LogP) is 1.36. The number of piperidine rings is 1. The molecule has 3 heterocycles. The minimum absolute atomic E-state index is 0. The van der Waals surface area contributed by atoms with Crippen LogP contribution in [0.5, 0.6) is 0 Å². The van der Waals surface area contributed by atoms with E-state index in [2.05, 4.69) is 9.88 Å². The van der Waals surface area contributed by atoms with Crippen LogP contribution in [0, 0.1) is 5.82 Å². The maximum Gasteiger partial charge on any atom is 0.250 e. The van der Waals surface area contributed by atoms with Gasteiger partial charge in [-0.15, -0.1) is 11.3 Å². The molecule has 35 heavy (non-hydrogen) atoms. The number of fused-ring (bicyclic) bond motifs is 2. The molecule has 1 fully saturated rings. The van der Waals surface area contributed by atoms with Crippen LogP contribution in [0.25, 0.3) is 21.1 Å². The summed E-state index contributed by atoms with van der Waals surface area (Å²) in [5.41, 5.74) is 1.44. The zero-order valence-corrected chi connectivity index (χ0v) is 22.0. The zero-order chi connectivity index (χ0) is 23.7. The molecule has 2 N–H and O–H groups in total. The van der Waals surface area contributed by atoms with Crippen LogP contribution >= 0.6 is 22.9 Å². The summed E-state index contributed by atoms with van der Waals surface area (Å²) in [6.45, 7) is 3.52. The second-order valence-electron chi connectivity index (χ2n) is 8.84. The van der Waals surface area contributed by atoms with Crippen LogP contribution < -0.4 is 22.0 Å². The number of aromatic nitrogens is 1. The van der Waals surface area contributed by atoms with Gasteiger partial charge in [0.05, 0.1) is 25.3 Å². The number of quaternary nitrogens is 1. The van der Waals surface area contributed by atoms with E-state index in [1.807, 2.05) is 6.07 Å². The van der Waals surface area contributed by atoms with Gasteiger partial charge in [-0.1, -0.05) is 22.8 Å². The number of benzene rings is 2. The fourth-order valence-electron chi connectivity index (χ4n) is 4.67. The van der Waals surface area contributed by atoms with Crippen molar-refractivity contribution < 1.29 is 34.6 Å². The third-order valence-corrected chi connectivity index (χ3v) is 9.78. The van der Waals surface area contributed by atoms with Gasteiger partial charge in [-0.25, -0.2) is 17.5 Å². The summed E-state index contributed by atoms with van der Waals surface area (Å²) in [4.78, 5) is 1.53. The molecule has 0 spiro atoms. The Hall–Kier alpha value is -1.75. The second kappa shape index (κ2) is 11.1. The molecule has 0 amide bonds. The Morgan fingerprint density at radius 2 is 1.94 bits per heavy atom. The van der Waals surface area contributed by atoms with Crippen molar-refractivity contribution in [1.82, 2.24) is 9.88 Å². The maximum atomic E-state index is 13.4. The van der Waals surface area contributed by atoms with Crippen LogP contribution in [0.4, 0.5) is 4.39 Å². The number of thiophene rings is 1. The van der Waals surface area contributed by atoms with Crippen molar-refractivity contribution in [3.8, 4) is 0 Å². The molecule has 2 aromatic heterocycles. The fourth-order valence-corrected chi connectivity index (χ4v) is 7.46. The lowest BCUT2D eigenvalue weighted by Gasteiger charge is -2.28. The first-order chi connectivity index (χ1) is 16.4. The number of hydrogen-bond acceptors (Lipinski definition) is 5. The Balaban J connectivity index is 0.00000289. The van der Waals surface area contributed by atoms with Crippen molar-refractivity contribution in [2.45, 2.75) is 35.8 Å². The number of rotatable bonds is 8. The monoisotopic (exact) mass is 557 g/mol. The van der Waals surface area contributed by atoms with Crippen molar-refractivity contribution >= 4 is 54.0 Å². The average Bonchev–Trinajstić information content (AvgIpc) is 3.43. The molecule has 0 bridgehead atoms. The average molecular weight is 559 g/mol. The Morgan fingerprint density at radius 3 is 2.74 bits per heavy atom. The molecule has 5 rings (SSSR count). The van der Waals surface area contributed by atoms with Crippen molar-refractivity contribution in [2.75, 3.05) is 26.2 Å². The minimum Gasteiger partial charge on any atom is -1.00 e. The van der Waals surface area contributed by atoms with Crippen molar-refractivity contribution in [2.24, 2.45) is 0 Å². The summed E-state index contributed by atoms with van der Waals surface area (Å²) in [5.74, 6) is 0.0175. The van der Waals surface area contributed by atoms with E-state index in [0.717, 1.165) is 66.5 Å². The summed E-state index contributed by atoms with van der Waals surface area (Å²) >= 11 is 7.24. The van der Waals surface area contributed by atoms with E-state index in [1.165, 1.54) is 28.4 Å². The number of hydrogen-bond donors (Lipinski definition) is 2. The second-order valence-corrected chi connectivity index (χ2v) is 12.3. The van der Waals surface area contributed by atoms with Crippen LogP contribution in [0.2, 0.25) is 5.02 Å². The Kier molecular flexibility index (Phi) is 8.35. The number of nitrogens with zero attached hydrogens (tertiary/aromatic N) is 1. The van der Waals surface area contributed by atoms with Gasteiger partial charge in [0.15, 0.2) is 5.58 Å². The number of nitrogens with one attached hydrogen (secondary N) is 2. The van der Waals surface area contributed by atoms with E-state index in [-0.39, 0.29) is 18.2 Å². The largest absolute Gasteiger partial charge is 1.00 e. The molecule has 1 saturated heterocycles. The van der Waals surface area contributed by atoms with Crippen molar-refractivity contribution in [3.05, 3.63) is 59.0 Å². The number of likely N-dealkylation sites (tertiary alicyclic amines) is 1. The molecule has 6 nitrogen and oxygen atoms in total. The molecule has 1 aliphatic rings. The molecule has 11 heteroatoms.